The molecule has 0 saturated heterocycles. The fraction of sp³-hybridized carbons (Fsp3) is 0.0714. The van der Waals surface area contributed by atoms with Crippen molar-refractivity contribution < 1.29 is 9.53 Å². The number of ether oxygens (including phenoxy) is 1. The van der Waals surface area contributed by atoms with Gasteiger partial charge in [0.05, 0.1) is 46.9 Å². The number of halogens is 1. The smallest absolute Gasteiger partial charge is 0.340 e. The molecule has 0 bridgehead atoms. The molecular formula is C14H12INO2. The summed E-state index contributed by atoms with van der Waals surface area (Å²) in [7, 11) is 1.39. The summed E-state index contributed by atoms with van der Waals surface area (Å²) in [6, 6.07) is 17.2. The van der Waals surface area contributed by atoms with Crippen LogP contribution in [0, 0.1) is 0 Å². The zero-order chi connectivity index (χ0) is 13.0. The molecule has 92 valence electrons. The Kier molecular flexibility index (Phi) is 4.19. The average Bonchev–Trinajstić information content (AvgIpc) is 2.46. The summed E-state index contributed by atoms with van der Waals surface area (Å²) in [5.74, 6) is -0.330. The van der Waals surface area contributed by atoms with Gasteiger partial charge in [0.1, 0.15) is 0 Å². The van der Waals surface area contributed by atoms with E-state index in [-0.39, 0.29) is 5.97 Å². The number of hydrogen-bond acceptors (Lipinski definition) is 3. The van der Waals surface area contributed by atoms with Crippen LogP contribution < -0.4 is 3.11 Å². The van der Waals surface area contributed by atoms with Gasteiger partial charge in [-0.3, -0.25) is 3.11 Å². The van der Waals surface area contributed by atoms with Crippen LogP contribution in [0.25, 0.3) is 0 Å². The first kappa shape index (κ1) is 12.9. The van der Waals surface area contributed by atoms with Gasteiger partial charge in [-0.05, 0) is 24.3 Å². The molecule has 0 radical (unpaired) electrons. The Labute approximate surface area is 120 Å². The summed E-state index contributed by atoms with van der Waals surface area (Å²) < 4.78 is 6.73. The highest BCUT2D eigenvalue weighted by atomic mass is 127. The van der Waals surface area contributed by atoms with E-state index in [0.29, 0.717) is 5.56 Å². The number of methoxy groups -OCH3 is 1. The number of benzene rings is 2. The van der Waals surface area contributed by atoms with Gasteiger partial charge in [0, 0.05) is 0 Å². The van der Waals surface area contributed by atoms with Gasteiger partial charge in [-0.25, -0.2) is 4.79 Å². The topological polar surface area (TPSA) is 29.5 Å². The van der Waals surface area contributed by atoms with Gasteiger partial charge in [-0.1, -0.05) is 30.3 Å². The van der Waals surface area contributed by atoms with Gasteiger partial charge in [0.15, 0.2) is 0 Å². The molecular weight excluding hydrogens is 341 g/mol. The molecule has 18 heavy (non-hydrogen) atoms. The molecule has 0 unspecified atom stereocenters. The first-order valence-electron chi connectivity index (χ1n) is 5.42. The van der Waals surface area contributed by atoms with Crippen molar-refractivity contribution in [1.82, 2.24) is 0 Å². The van der Waals surface area contributed by atoms with Crippen molar-refractivity contribution in [3.05, 3.63) is 60.2 Å². The Morgan fingerprint density at radius 1 is 1.06 bits per heavy atom. The summed E-state index contributed by atoms with van der Waals surface area (Å²) in [4.78, 5) is 11.7. The minimum atomic E-state index is -0.330. The summed E-state index contributed by atoms with van der Waals surface area (Å²) >= 11 is 2.17. The maximum Gasteiger partial charge on any atom is 0.340 e. The van der Waals surface area contributed by atoms with E-state index in [9.17, 15) is 4.79 Å². The monoisotopic (exact) mass is 353 g/mol. The van der Waals surface area contributed by atoms with Crippen molar-refractivity contribution in [3.8, 4) is 0 Å². The maximum atomic E-state index is 11.7. The molecule has 3 nitrogen and oxygen atoms in total. The quantitative estimate of drug-likeness (QED) is 0.475. The third-order valence-electron chi connectivity index (χ3n) is 2.50. The normalized spacial score (nSPS) is 9.89. The van der Waals surface area contributed by atoms with Gasteiger partial charge in [0.25, 0.3) is 0 Å². The molecule has 0 aromatic heterocycles. The van der Waals surface area contributed by atoms with Gasteiger partial charge < -0.3 is 4.74 Å². The number of para-hydroxylation sites is 2. The van der Waals surface area contributed by atoms with E-state index in [1.807, 2.05) is 51.6 Å². The highest BCUT2D eigenvalue weighted by molar-refractivity contribution is 14.1. The summed E-state index contributed by atoms with van der Waals surface area (Å²) in [5, 5.41) is 0. The molecule has 2 aromatic rings. The Morgan fingerprint density at radius 3 is 2.33 bits per heavy atom. The van der Waals surface area contributed by atoms with E-state index >= 15 is 0 Å². The molecule has 0 aliphatic heterocycles. The third-order valence-corrected chi connectivity index (χ3v) is 3.58. The lowest BCUT2D eigenvalue weighted by Gasteiger charge is -2.19. The van der Waals surface area contributed by atoms with Crippen LogP contribution in [0.3, 0.4) is 0 Å². The number of carbonyl (C=O) groups is 1. The summed E-state index contributed by atoms with van der Waals surface area (Å²) in [6.07, 6.45) is 0. The molecule has 0 fully saturated rings. The SMILES string of the molecule is COC(=O)c1ccccc1N(I)c1ccccc1. The number of carbonyl (C=O) groups excluding carboxylic acids is 1. The molecule has 4 heteroatoms. The van der Waals surface area contributed by atoms with Crippen molar-refractivity contribution in [2.45, 2.75) is 0 Å². The summed E-state index contributed by atoms with van der Waals surface area (Å²) in [6.45, 7) is 0. The minimum absolute atomic E-state index is 0.330. The molecule has 0 amide bonds. The van der Waals surface area contributed by atoms with Crippen molar-refractivity contribution in [2.75, 3.05) is 10.2 Å². The lowest BCUT2D eigenvalue weighted by atomic mass is 10.1. The highest BCUT2D eigenvalue weighted by Crippen LogP contribution is 2.32. The number of nitrogens with zero attached hydrogens (tertiary/aromatic N) is 1. The van der Waals surface area contributed by atoms with E-state index in [0.717, 1.165) is 11.4 Å². The standard InChI is InChI=1S/C14H12INO2/c1-18-14(17)12-9-5-6-10-13(12)16(15)11-7-3-2-4-8-11/h2-10H,1H3. The fourth-order valence-electron chi connectivity index (χ4n) is 1.63. The van der Waals surface area contributed by atoms with E-state index in [2.05, 4.69) is 22.9 Å². The molecule has 0 heterocycles. The van der Waals surface area contributed by atoms with Crippen LogP contribution in [0.15, 0.2) is 54.6 Å². The van der Waals surface area contributed by atoms with Crippen molar-refractivity contribution in [3.63, 3.8) is 0 Å². The molecule has 0 spiro atoms. The number of hydrogen-bond donors (Lipinski definition) is 0. The van der Waals surface area contributed by atoms with Crippen molar-refractivity contribution in [1.29, 1.82) is 0 Å². The highest BCUT2D eigenvalue weighted by Gasteiger charge is 2.15. The van der Waals surface area contributed by atoms with E-state index in [4.69, 9.17) is 4.74 Å². The third kappa shape index (κ3) is 2.64. The van der Waals surface area contributed by atoms with Crippen LogP contribution >= 0.6 is 22.9 Å². The van der Waals surface area contributed by atoms with Crippen molar-refractivity contribution >= 4 is 40.2 Å². The van der Waals surface area contributed by atoms with Crippen LogP contribution in [-0.4, -0.2) is 13.1 Å². The van der Waals surface area contributed by atoms with Gasteiger partial charge in [-0.2, -0.15) is 0 Å². The van der Waals surface area contributed by atoms with Crippen LogP contribution in [0.4, 0.5) is 11.4 Å². The molecule has 2 aromatic carbocycles. The lowest BCUT2D eigenvalue weighted by Crippen LogP contribution is -2.09. The molecule has 0 aliphatic carbocycles. The Hall–Kier alpha value is -1.56. The average molecular weight is 353 g/mol. The predicted octanol–water partition coefficient (Wildman–Crippen LogP) is 3.96. The zero-order valence-corrected chi connectivity index (χ0v) is 12.0. The van der Waals surface area contributed by atoms with E-state index < -0.39 is 0 Å². The van der Waals surface area contributed by atoms with Gasteiger partial charge >= 0.3 is 5.97 Å². The fourth-order valence-corrected chi connectivity index (χ4v) is 2.37. The van der Waals surface area contributed by atoms with E-state index in [1.165, 1.54) is 7.11 Å². The number of rotatable bonds is 3. The summed E-state index contributed by atoms with van der Waals surface area (Å²) in [5.41, 5.74) is 2.38. The second-order valence-electron chi connectivity index (χ2n) is 3.63. The van der Waals surface area contributed by atoms with Crippen LogP contribution in [0.1, 0.15) is 10.4 Å². The van der Waals surface area contributed by atoms with Crippen LogP contribution in [0.5, 0.6) is 0 Å². The second kappa shape index (κ2) is 5.86. The molecule has 0 aliphatic rings. The van der Waals surface area contributed by atoms with Crippen molar-refractivity contribution in [2.24, 2.45) is 0 Å². The lowest BCUT2D eigenvalue weighted by molar-refractivity contribution is 0.0602. The zero-order valence-electron chi connectivity index (χ0n) is 9.84. The Bertz CT molecular complexity index is 543. The largest absolute Gasteiger partial charge is 0.465 e. The van der Waals surface area contributed by atoms with E-state index in [1.54, 1.807) is 6.07 Å². The first-order valence-corrected chi connectivity index (χ1v) is 6.39. The molecule has 0 saturated carbocycles. The van der Waals surface area contributed by atoms with Crippen LogP contribution in [0.2, 0.25) is 0 Å². The Balaban J connectivity index is 2.42. The molecule has 2 rings (SSSR count). The van der Waals surface area contributed by atoms with Gasteiger partial charge in [0.2, 0.25) is 0 Å². The molecule has 0 N–H and O–H groups in total. The predicted molar refractivity (Wildman–Crippen MR) is 80.4 cm³/mol. The number of anilines is 2. The second-order valence-corrected chi connectivity index (χ2v) is 4.59. The minimum Gasteiger partial charge on any atom is -0.465 e. The van der Waals surface area contributed by atoms with Crippen LogP contribution in [-0.2, 0) is 4.74 Å². The van der Waals surface area contributed by atoms with Gasteiger partial charge in [-0.15, -0.1) is 0 Å². The maximum absolute atomic E-state index is 11.7. The number of esters is 1. The Morgan fingerprint density at radius 2 is 1.67 bits per heavy atom. The first-order chi connectivity index (χ1) is 8.74. The molecule has 0 atom stereocenters.